The summed E-state index contributed by atoms with van der Waals surface area (Å²) in [6.45, 7) is 5.20. The highest BCUT2D eigenvalue weighted by Crippen LogP contribution is 2.46. The third-order valence-electron chi connectivity index (χ3n) is 6.01. The number of aryl methyl sites for hydroxylation is 2. The first-order valence-electron chi connectivity index (χ1n) is 10.1. The number of aromatic nitrogens is 2. The predicted molar refractivity (Wildman–Crippen MR) is 129 cm³/mol. The van der Waals surface area contributed by atoms with E-state index in [9.17, 15) is 13.2 Å². The number of hydrogen-bond donors (Lipinski definition) is 2. The first-order chi connectivity index (χ1) is 15.1. The lowest BCUT2D eigenvalue weighted by molar-refractivity contribution is -0.173. The fourth-order valence-electron chi connectivity index (χ4n) is 3.78. The molecule has 1 atom stereocenters. The fraction of sp³-hybridized carbons (Fsp3) is 0.200. The Hall–Kier alpha value is -3.69. The zero-order chi connectivity index (χ0) is 23.1. The van der Waals surface area contributed by atoms with Crippen molar-refractivity contribution in [3.8, 4) is 0 Å². The molecule has 0 fully saturated rings. The van der Waals surface area contributed by atoms with Gasteiger partial charge in [-0.25, -0.2) is 9.97 Å². The Bertz CT molecular complexity index is 1290. The lowest BCUT2D eigenvalue weighted by Gasteiger charge is -2.33. The molecule has 0 spiro atoms. The summed E-state index contributed by atoms with van der Waals surface area (Å²) in [6, 6.07) is 16.1. The molecule has 0 bridgehead atoms. The Kier molecular flexibility index (Phi) is 7.55. The van der Waals surface area contributed by atoms with E-state index in [2.05, 4.69) is 15.3 Å². The maximum Gasteiger partial charge on any atom is 0.402 e. The minimum absolute atomic E-state index is 0. The third kappa shape index (κ3) is 4.66. The number of nitrogens with zero attached hydrogens (tertiary/aromatic N) is 2. The van der Waals surface area contributed by atoms with Crippen LogP contribution in [0.3, 0.4) is 0 Å². The molecular formula is C25H27F3N4O2. The molecule has 0 saturated heterocycles. The van der Waals surface area contributed by atoms with Crippen LogP contribution in [0.5, 0.6) is 0 Å². The smallest absolute Gasteiger partial charge is 0.402 e. The quantitative estimate of drug-likeness (QED) is 0.414. The van der Waals surface area contributed by atoms with Crippen molar-refractivity contribution in [2.24, 2.45) is 0 Å². The molecule has 0 radical (unpaired) electrons. The molecule has 6 nitrogen and oxygen atoms in total. The maximum atomic E-state index is 14.2. The molecule has 3 aromatic carbocycles. The Morgan fingerprint density at radius 1 is 0.824 bits per heavy atom. The zero-order valence-electron chi connectivity index (χ0n) is 19.0. The molecule has 7 N–H and O–H groups in total. The number of nitrogens with one attached hydrogen (secondary N) is 1. The Morgan fingerprint density at radius 2 is 1.47 bits per heavy atom. The third-order valence-corrected chi connectivity index (χ3v) is 6.01. The molecule has 180 valence electrons. The highest BCUT2D eigenvalue weighted by molar-refractivity contribution is 5.91. The van der Waals surface area contributed by atoms with Gasteiger partial charge in [0.05, 0.1) is 5.52 Å². The van der Waals surface area contributed by atoms with Crippen LogP contribution >= 0.6 is 0 Å². The molecule has 0 saturated carbocycles. The molecule has 0 aliphatic heterocycles. The van der Waals surface area contributed by atoms with E-state index in [4.69, 9.17) is 5.73 Å². The summed E-state index contributed by atoms with van der Waals surface area (Å²) < 4.78 is 42.7. The normalized spacial score (nSPS) is 12.9. The van der Waals surface area contributed by atoms with E-state index in [1.54, 1.807) is 18.2 Å². The molecule has 9 heteroatoms. The summed E-state index contributed by atoms with van der Waals surface area (Å²) >= 11 is 0. The number of anilines is 3. The van der Waals surface area contributed by atoms with E-state index in [1.165, 1.54) is 43.6 Å². The van der Waals surface area contributed by atoms with Crippen LogP contribution in [0.15, 0.2) is 67.0 Å². The van der Waals surface area contributed by atoms with Gasteiger partial charge in [0.1, 0.15) is 17.6 Å². The second-order valence-corrected chi connectivity index (χ2v) is 8.13. The van der Waals surface area contributed by atoms with Crippen LogP contribution in [0.4, 0.5) is 30.4 Å². The molecular weight excluding hydrogens is 445 g/mol. The van der Waals surface area contributed by atoms with Gasteiger partial charge in [-0.05, 0) is 79.4 Å². The van der Waals surface area contributed by atoms with Crippen molar-refractivity contribution in [1.29, 1.82) is 0 Å². The first-order valence-corrected chi connectivity index (χ1v) is 10.1. The van der Waals surface area contributed by atoms with Crippen molar-refractivity contribution in [1.82, 2.24) is 9.97 Å². The van der Waals surface area contributed by atoms with Gasteiger partial charge in [0, 0.05) is 16.8 Å². The minimum Gasteiger partial charge on any atom is -0.412 e. The summed E-state index contributed by atoms with van der Waals surface area (Å²) in [4.78, 5) is 8.64. The number of nitrogen functional groups attached to an aromatic ring is 1. The molecule has 0 aliphatic rings. The Labute approximate surface area is 195 Å². The molecule has 0 amide bonds. The summed E-state index contributed by atoms with van der Waals surface area (Å²) in [5, 5.41) is 4.05. The Morgan fingerprint density at radius 3 is 2.09 bits per heavy atom. The van der Waals surface area contributed by atoms with Gasteiger partial charge in [-0.1, -0.05) is 24.3 Å². The zero-order valence-corrected chi connectivity index (χ0v) is 19.0. The summed E-state index contributed by atoms with van der Waals surface area (Å²) in [6.07, 6.45) is -3.04. The summed E-state index contributed by atoms with van der Waals surface area (Å²) in [7, 11) is 0. The number of rotatable bonds is 4. The van der Waals surface area contributed by atoms with Crippen molar-refractivity contribution in [2.75, 3.05) is 11.1 Å². The predicted octanol–water partition coefficient (Wildman–Crippen LogP) is 4.79. The van der Waals surface area contributed by atoms with Crippen molar-refractivity contribution in [3.05, 3.63) is 89.2 Å². The lowest BCUT2D eigenvalue weighted by atomic mass is 9.75. The fourth-order valence-corrected chi connectivity index (χ4v) is 3.78. The minimum atomic E-state index is -4.51. The summed E-state index contributed by atoms with van der Waals surface area (Å²) in [5.74, 6) is 0.597. The molecule has 1 heterocycles. The topological polar surface area (TPSA) is 127 Å². The number of hydrogen-bond acceptors (Lipinski definition) is 4. The van der Waals surface area contributed by atoms with Gasteiger partial charge in [0.25, 0.3) is 0 Å². The Balaban J connectivity index is 0.00000204. The maximum absolute atomic E-state index is 14.2. The van der Waals surface area contributed by atoms with Crippen molar-refractivity contribution in [3.63, 3.8) is 0 Å². The van der Waals surface area contributed by atoms with Crippen LogP contribution in [-0.4, -0.2) is 27.1 Å². The first kappa shape index (κ1) is 26.6. The van der Waals surface area contributed by atoms with Crippen molar-refractivity contribution in [2.45, 2.75) is 32.4 Å². The van der Waals surface area contributed by atoms with Crippen LogP contribution in [0.1, 0.15) is 29.2 Å². The lowest BCUT2D eigenvalue weighted by Crippen LogP contribution is -2.40. The largest absolute Gasteiger partial charge is 0.412 e. The molecule has 4 aromatic rings. The van der Waals surface area contributed by atoms with Crippen LogP contribution in [-0.2, 0) is 5.41 Å². The van der Waals surface area contributed by atoms with Gasteiger partial charge in [-0.15, -0.1) is 0 Å². The number of fused-ring (bicyclic) bond motifs is 1. The van der Waals surface area contributed by atoms with E-state index < -0.39 is 11.6 Å². The van der Waals surface area contributed by atoms with Crippen LogP contribution < -0.4 is 11.1 Å². The van der Waals surface area contributed by atoms with Crippen molar-refractivity contribution < 1.29 is 24.1 Å². The monoisotopic (exact) mass is 472 g/mol. The van der Waals surface area contributed by atoms with Crippen LogP contribution in [0, 0.1) is 13.8 Å². The van der Waals surface area contributed by atoms with Gasteiger partial charge in [0.15, 0.2) is 0 Å². The molecule has 1 unspecified atom stereocenters. The molecule has 1 aromatic heterocycles. The van der Waals surface area contributed by atoms with Crippen LogP contribution in [0.25, 0.3) is 10.9 Å². The molecule has 0 aliphatic carbocycles. The summed E-state index contributed by atoms with van der Waals surface area (Å²) in [5.41, 5.74) is 7.73. The number of alkyl halides is 3. The number of benzene rings is 3. The van der Waals surface area contributed by atoms with Gasteiger partial charge in [0.2, 0.25) is 0 Å². The highest BCUT2D eigenvalue weighted by Gasteiger charge is 2.53. The standard InChI is InChI=1S/C25H23F3N4.2H2O/c1-15-11-21-22(12-16(15)2)30-14-31-23(21)32-20-9-7-17(8-10-20)24(3,25(26,27)28)18-5-4-6-19(29)13-18;;/h4-14H,29H2,1-3H3,(H,30,31,32);2*1H2. The van der Waals surface area contributed by atoms with Gasteiger partial charge >= 0.3 is 6.18 Å². The second-order valence-electron chi connectivity index (χ2n) is 8.13. The number of halogens is 3. The second kappa shape index (κ2) is 9.66. The van der Waals surface area contributed by atoms with E-state index in [-0.39, 0.29) is 27.8 Å². The van der Waals surface area contributed by atoms with Gasteiger partial charge in [-0.3, -0.25) is 0 Å². The average Bonchev–Trinajstić information content (AvgIpc) is 2.74. The van der Waals surface area contributed by atoms with E-state index >= 15 is 0 Å². The van der Waals surface area contributed by atoms with E-state index in [0.29, 0.717) is 11.5 Å². The molecule has 4 rings (SSSR count). The molecule has 34 heavy (non-hydrogen) atoms. The average molecular weight is 473 g/mol. The van der Waals surface area contributed by atoms with E-state index in [0.717, 1.165) is 22.0 Å². The van der Waals surface area contributed by atoms with Crippen LogP contribution in [0.2, 0.25) is 0 Å². The van der Waals surface area contributed by atoms with Gasteiger partial charge < -0.3 is 22.0 Å². The van der Waals surface area contributed by atoms with Crippen molar-refractivity contribution >= 4 is 28.1 Å². The number of nitrogens with two attached hydrogens (primary N) is 1. The highest BCUT2D eigenvalue weighted by atomic mass is 19.4. The van der Waals surface area contributed by atoms with E-state index in [1.807, 2.05) is 26.0 Å². The van der Waals surface area contributed by atoms with Gasteiger partial charge in [-0.2, -0.15) is 13.2 Å². The SMILES string of the molecule is Cc1cc2ncnc(Nc3ccc(C(C)(c4cccc(N)c4)C(F)(F)F)cc3)c2cc1C.O.O.